The molecule has 0 aliphatic heterocycles. The Morgan fingerprint density at radius 3 is 2.71 bits per heavy atom. The van der Waals surface area contributed by atoms with E-state index in [1.807, 2.05) is 43.5 Å². The predicted octanol–water partition coefficient (Wildman–Crippen LogP) is 5.84. The van der Waals surface area contributed by atoms with Crippen molar-refractivity contribution in [3.05, 3.63) is 74.9 Å². The van der Waals surface area contributed by atoms with Gasteiger partial charge in [0.15, 0.2) is 5.16 Å². The molecule has 0 fully saturated rings. The van der Waals surface area contributed by atoms with E-state index in [4.69, 9.17) is 16.6 Å². The number of thioether (sulfide) groups is 1. The van der Waals surface area contributed by atoms with E-state index in [9.17, 15) is 9.59 Å². The van der Waals surface area contributed by atoms with Gasteiger partial charge < -0.3 is 5.32 Å². The van der Waals surface area contributed by atoms with Crippen LogP contribution in [0.5, 0.6) is 0 Å². The summed E-state index contributed by atoms with van der Waals surface area (Å²) >= 11 is 8.64. The zero-order chi connectivity index (χ0) is 22.0. The second-order valence-electron chi connectivity index (χ2n) is 6.98. The monoisotopic (exact) mass is 469 g/mol. The lowest BCUT2D eigenvalue weighted by molar-refractivity contribution is -0.113. The lowest BCUT2D eigenvalue weighted by Gasteiger charge is -2.11. The van der Waals surface area contributed by atoms with E-state index in [2.05, 4.69) is 5.32 Å². The lowest BCUT2D eigenvalue weighted by Crippen LogP contribution is -2.22. The highest BCUT2D eigenvalue weighted by atomic mass is 35.5. The zero-order valence-corrected chi connectivity index (χ0v) is 19.4. The third kappa shape index (κ3) is 4.69. The summed E-state index contributed by atoms with van der Waals surface area (Å²) in [5.41, 5.74) is 4.37. The number of carbonyl (C=O) groups is 1. The molecule has 0 radical (unpaired) electrons. The van der Waals surface area contributed by atoms with Crippen LogP contribution in [0.25, 0.3) is 21.3 Å². The zero-order valence-electron chi connectivity index (χ0n) is 17.0. The first-order chi connectivity index (χ1) is 15.0. The number of halogens is 1. The fraction of sp³-hybridized carbons (Fsp3) is 0.174. The molecule has 2 aromatic carbocycles. The summed E-state index contributed by atoms with van der Waals surface area (Å²) in [6.07, 6.45) is 0. The molecule has 4 rings (SSSR count). The van der Waals surface area contributed by atoms with Crippen LogP contribution in [0, 0.1) is 6.92 Å². The third-order valence-electron chi connectivity index (χ3n) is 4.76. The summed E-state index contributed by atoms with van der Waals surface area (Å²) in [5.74, 6) is -0.0533. The average Bonchev–Trinajstić information content (AvgIpc) is 3.17. The maximum atomic E-state index is 13.1. The van der Waals surface area contributed by atoms with Gasteiger partial charge in [-0.25, -0.2) is 4.98 Å². The van der Waals surface area contributed by atoms with E-state index in [0.29, 0.717) is 32.6 Å². The van der Waals surface area contributed by atoms with E-state index in [1.165, 1.54) is 28.7 Å². The molecule has 1 N–H and O–H groups in total. The number of anilines is 1. The van der Waals surface area contributed by atoms with Crippen molar-refractivity contribution in [2.75, 3.05) is 11.1 Å². The van der Waals surface area contributed by atoms with Gasteiger partial charge in [-0.05, 0) is 37.6 Å². The second-order valence-corrected chi connectivity index (χ2v) is 9.24. The van der Waals surface area contributed by atoms with Crippen LogP contribution in [0.15, 0.2) is 63.9 Å². The summed E-state index contributed by atoms with van der Waals surface area (Å²) in [6, 6.07) is 15.2. The van der Waals surface area contributed by atoms with Crippen molar-refractivity contribution in [2.45, 2.75) is 25.5 Å². The molecule has 1 amide bonds. The summed E-state index contributed by atoms with van der Waals surface area (Å²) in [4.78, 5) is 30.3. The van der Waals surface area contributed by atoms with Gasteiger partial charge in [0.25, 0.3) is 5.56 Å². The van der Waals surface area contributed by atoms with Crippen molar-refractivity contribution in [2.24, 2.45) is 0 Å². The molecule has 0 saturated heterocycles. The molecule has 0 aliphatic carbocycles. The summed E-state index contributed by atoms with van der Waals surface area (Å²) in [7, 11) is 0. The number of hydrogen-bond acceptors (Lipinski definition) is 5. The Morgan fingerprint density at radius 2 is 2.00 bits per heavy atom. The average molecular weight is 470 g/mol. The van der Waals surface area contributed by atoms with Crippen LogP contribution in [-0.2, 0) is 11.3 Å². The van der Waals surface area contributed by atoms with Crippen LogP contribution in [0.3, 0.4) is 0 Å². The molecule has 5 nitrogen and oxygen atoms in total. The number of fused-ring (bicyclic) bond motifs is 1. The number of hydrogen-bond donors (Lipinski definition) is 1. The molecule has 0 saturated carbocycles. The molecule has 8 heteroatoms. The smallest absolute Gasteiger partial charge is 0.272 e. The summed E-state index contributed by atoms with van der Waals surface area (Å²) in [6.45, 7) is 4.42. The minimum atomic E-state index is -0.187. The Balaban J connectivity index is 1.63. The fourth-order valence-corrected chi connectivity index (χ4v) is 5.21. The van der Waals surface area contributed by atoms with Gasteiger partial charge >= 0.3 is 0 Å². The Morgan fingerprint density at radius 1 is 1.23 bits per heavy atom. The Hall–Kier alpha value is -2.61. The molecule has 4 aromatic rings. The van der Waals surface area contributed by atoms with Gasteiger partial charge in [0.1, 0.15) is 4.70 Å². The van der Waals surface area contributed by atoms with E-state index < -0.39 is 0 Å². The largest absolute Gasteiger partial charge is 0.325 e. The number of aryl methyl sites for hydroxylation is 1. The van der Waals surface area contributed by atoms with Crippen molar-refractivity contribution in [1.29, 1.82) is 0 Å². The molecule has 158 valence electrons. The quantitative estimate of drug-likeness (QED) is 0.284. The standard InChI is InChI=1S/C23H20ClN3O2S2/c1-3-27-22(29)21-20(18(12-30-21)15-9-7-14(2)8-10-15)26-23(27)31-13-19(28)25-17-6-4-5-16(24)11-17/h4-12H,3,13H2,1-2H3,(H,25,28). The molecule has 0 spiro atoms. The number of carbonyl (C=O) groups excluding carboxylic acids is 1. The first kappa shape index (κ1) is 21.6. The minimum absolute atomic E-state index is 0.0754. The van der Waals surface area contributed by atoms with Gasteiger partial charge in [-0.15, -0.1) is 11.3 Å². The topological polar surface area (TPSA) is 64.0 Å². The Labute approximate surface area is 193 Å². The van der Waals surface area contributed by atoms with Gasteiger partial charge in [-0.1, -0.05) is 59.3 Å². The third-order valence-corrected chi connectivity index (χ3v) is 6.93. The molecule has 0 aliphatic rings. The highest BCUT2D eigenvalue weighted by Crippen LogP contribution is 2.32. The molecular weight excluding hydrogens is 450 g/mol. The number of rotatable bonds is 6. The van der Waals surface area contributed by atoms with Crippen molar-refractivity contribution in [1.82, 2.24) is 9.55 Å². The van der Waals surface area contributed by atoms with Crippen LogP contribution >= 0.6 is 34.7 Å². The summed E-state index contributed by atoms with van der Waals surface area (Å²) < 4.78 is 2.25. The lowest BCUT2D eigenvalue weighted by atomic mass is 10.1. The van der Waals surface area contributed by atoms with E-state index >= 15 is 0 Å². The van der Waals surface area contributed by atoms with Crippen LogP contribution in [0.2, 0.25) is 5.02 Å². The highest BCUT2D eigenvalue weighted by Gasteiger charge is 2.17. The number of thiophene rings is 1. The molecule has 2 heterocycles. The van der Waals surface area contributed by atoms with Crippen LogP contribution in [-0.4, -0.2) is 21.2 Å². The highest BCUT2D eigenvalue weighted by molar-refractivity contribution is 7.99. The number of nitrogens with one attached hydrogen (secondary N) is 1. The van der Waals surface area contributed by atoms with Crippen LogP contribution in [0.1, 0.15) is 12.5 Å². The van der Waals surface area contributed by atoms with E-state index in [-0.39, 0.29) is 17.2 Å². The van der Waals surface area contributed by atoms with E-state index in [0.717, 1.165) is 11.1 Å². The summed E-state index contributed by atoms with van der Waals surface area (Å²) in [5, 5.41) is 5.89. The molecular formula is C23H20ClN3O2S2. The molecule has 31 heavy (non-hydrogen) atoms. The number of amides is 1. The van der Waals surface area contributed by atoms with Gasteiger partial charge in [0, 0.05) is 28.2 Å². The normalized spacial score (nSPS) is 11.1. The molecule has 2 aromatic heterocycles. The molecule has 0 bridgehead atoms. The van der Waals surface area contributed by atoms with Crippen molar-refractivity contribution >= 4 is 56.5 Å². The Kier molecular flexibility index (Phi) is 6.46. The Bertz CT molecular complexity index is 1310. The maximum absolute atomic E-state index is 13.1. The van der Waals surface area contributed by atoms with Crippen molar-refractivity contribution in [3.63, 3.8) is 0 Å². The molecule has 0 atom stereocenters. The van der Waals surface area contributed by atoms with Gasteiger partial charge in [0.2, 0.25) is 5.91 Å². The first-order valence-corrected chi connectivity index (χ1v) is 12.0. The second kappa shape index (κ2) is 9.26. The SMILES string of the molecule is CCn1c(SCC(=O)Nc2cccc(Cl)c2)nc2c(-c3ccc(C)cc3)csc2c1=O. The van der Waals surface area contributed by atoms with Crippen molar-refractivity contribution < 1.29 is 4.79 Å². The van der Waals surface area contributed by atoms with Gasteiger partial charge in [0.05, 0.1) is 11.3 Å². The van der Waals surface area contributed by atoms with Crippen molar-refractivity contribution in [3.8, 4) is 11.1 Å². The molecule has 0 unspecified atom stereocenters. The number of nitrogens with zero attached hydrogens (tertiary/aromatic N) is 2. The minimum Gasteiger partial charge on any atom is -0.325 e. The van der Waals surface area contributed by atoms with Gasteiger partial charge in [-0.2, -0.15) is 0 Å². The van der Waals surface area contributed by atoms with Gasteiger partial charge in [-0.3, -0.25) is 14.2 Å². The van der Waals surface area contributed by atoms with Crippen LogP contribution in [0.4, 0.5) is 5.69 Å². The predicted molar refractivity (Wildman–Crippen MR) is 131 cm³/mol. The first-order valence-electron chi connectivity index (χ1n) is 9.73. The maximum Gasteiger partial charge on any atom is 0.272 e. The van der Waals surface area contributed by atoms with Crippen LogP contribution < -0.4 is 10.9 Å². The van der Waals surface area contributed by atoms with E-state index in [1.54, 1.807) is 28.8 Å². The number of aromatic nitrogens is 2. The number of benzene rings is 2. The fourth-order valence-electron chi connectivity index (χ4n) is 3.20.